The van der Waals surface area contributed by atoms with Gasteiger partial charge >= 0.3 is 0 Å². The number of hydrogen-bond donors (Lipinski definition) is 1. The van der Waals surface area contributed by atoms with Crippen molar-refractivity contribution in [3.63, 3.8) is 0 Å². The third-order valence-corrected chi connectivity index (χ3v) is 3.35. The first kappa shape index (κ1) is 11.9. The van der Waals surface area contributed by atoms with Gasteiger partial charge in [0, 0.05) is 12.5 Å². The van der Waals surface area contributed by atoms with E-state index in [9.17, 15) is 13.8 Å². The minimum Gasteiger partial charge on any atom is -0.282 e. The van der Waals surface area contributed by atoms with E-state index >= 15 is 0 Å². The van der Waals surface area contributed by atoms with Crippen LogP contribution in [0, 0.1) is 0 Å². The van der Waals surface area contributed by atoms with Gasteiger partial charge < -0.3 is 0 Å². The van der Waals surface area contributed by atoms with Gasteiger partial charge in [-0.15, -0.1) is 0 Å². The lowest BCUT2D eigenvalue weighted by Gasteiger charge is -1.97. The van der Waals surface area contributed by atoms with E-state index in [2.05, 4.69) is 15.3 Å². The molecule has 0 aliphatic carbocycles. The molecule has 0 aromatic carbocycles. The number of imide groups is 1. The third-order valence-electron chi connectivity index (χ3n) is 1.83. The van der Waals surface area contributed by atoms with Gasteiger partial charge in [0.25, 0.3) is 11.1 Å². The van der Waals surface area contributed by atoms with Crippen LogP contribution < -0.4 is 5.32 Å². The van der Waals surface area contributed by atoms with E-state index in [0.717, 1.165) is 11.8 Å². The SMILES string of the molecule is CS(=O)c1nccc(/C=C2\SC(=O)NC2=O)n1. The van der Waals surface area contributed by atoms with E-state index in [-0.39, 0.29) is 10.1 Å². The van der Waals surface area contributed by atoms with Crippen molar-refractivity contribution in [1.29, 1.82) is 0 Å². The van der Waals surface area contributed by atoms with Crippen LogP contribution in [0.25, 0.3) is 6.08 Å². The Morgan fingerprint density at radius 2 is 2.24 bits per heavy atom. The Labute approximate surface area is 103 Å². The molecule has 1 fully saturated rings. The van der Waals surface area contributed by atoms with E-state index in [0.29, 0.717) is 5.69 Å². The summed E-state index contributed by atoms with van der Waals surface area (Å²) >= 11 is 0.808. The summed E-state index contributed by atoms with van der Waals surface area (Å²) in [5.41, 5.74) is 0.442. The van der Waals surface area contributed by atoms with E-state index < -0.39 is 21.9 Å². The molecule has 17 heavy (non-hydrogen) atoms. The summed E-state index contributed by atoms with van der Waals surface area (Å²) in [5, 5.41) is 1.92. The van der Waals surface area contributed by atoms with Gasteiger partial charge in [0.05, 0.1) is 21.4 Å². The summed E-state index contributed by atoms with van der Waals surface area (Å²) in [6.45, 7) is 0. The van der Waals surface area contributed by atoms with Crippen LogP contribution >= 0.6 is 11.8 Å². The summed E-state index contributed by atoms with van der Waals surface area (Å²) in [5.74, 6) is -0.446. The van der Waals surface area contributed by atoms with Gasteiger partial charge in [-0.1, -0.05) is 0 Å². The van der Waals surface area contributed by atoms with Gasteiger partial charge in [0.15, 0.2) is 0 Å². The van der Waals surface area contributed by atoms with Crippen LogP contribution in [-0.4, -0.2) is 31.6 Å². The van der Waals surface area contributed by atoms with Gasteiger partial charge in [-0.05, 0) is 23.9 Å². The highest BCUT2D eigenvalue weighted by Crippen LogP contribution is 2.24. The molecule has 1 unspecified atom stereocenters. The topological polar surface area (TPSA) is 89.0 Å². The lowest BCUT2D eigenvalue weighted by atomic mass is 10.3. The fraction of sp³-hybridized carbons (Fsp3) is 0.111. The minimum absolute atomic E-state index is 0.189. The molecule has 0 spiro atoms. The fourth-order valence-electron chi connectivity index (χ4n) is 1.13. The second-order valence-corrected chi connectivity index (χ2v) is 5.36. The Hall–Kier alpha value is -1.54. The van der Waals surface area contributed by atoms with Crippen molar-refractivity contribution in [2.75, 3.05) is 6.26 Å². The minimum atomic E-state index is -1.28. The summed E-state index contributed by atoms with van der Waals surface area (Å²) in [6.07, 6.45) is 4.38. The average Bonchev–Trinajstić information content (AvgIpc) is 2.58. The molecule has 1 aliphatic rings. The van der Waals surface area contributed by atoms with Crippen molar-refractivity contribution in [1.82, 2.24) is 15.3 Å². The predicted molar refractivity (Wildman–Crippen MR) is 63.5 cm³/mol. The van der Waals surface area contributed by atoms with Crippen molar-refractivity contribution in [3.05, 3.63) is 22.9 Å². The Morgan fingerprint density at radius 1 is 1.47 bits per heavy atom. The van der Waals surface area contributed by atoms with Crippen LogP contribution in [-0.2, 0) is 15.6 Å². The number of carbonyl (C=O) groups is 2. The molecule has 88 valence electrons. The summed E-state index contributed by atoms with van der Waals surface area (Å²) in [6, 6.07) is 1.57. The zero-order valence-corrected chi connectivity index (χ0v) is 10.3. The molecule has 6 nitrogen and oxygen atoms in total. The number of nitrogens with zero attached hydrogens (tertiary/aromatic N) is 2. The lowest BCUT2D eigenvalue weighted by molar-refractivity contribution is -0.115. The molecule has 0 radical (unpaired) electrons. The van der Waals surface area contributed by atoms with E-state index in [1.807, 2.05) is 0 Å². The molecular formula is C9H7N3O3S2. The smallest absolute Gasteiger partial charge is 0.282 e. The first-order valence-corrected chi connectivity index (χ1v) is 6.85. The number of nitrogens with one attached hydrogen (secondary N) is 1. The molecule has 0 saturated carbocycles. The molecular weight excluding hydrogens is 262 g/mol. The number of aromatic nitrogens is 2. The Kier molecular flexibility index (Phi) is 3.34. The number of hydrogen-bond acceptors (Lipinski definition) is 6. The van der Waals surface area contributed by atoms with Gasteiger partial charge in [-0.25, -0.2) is 9.97 Å². The molecule has 1 saturated heterocycles. The molecule has 8 heteroatoms. The van der Waals surface area contributed by atoms with Crippen molar-refractivity contribution in [2.24, 2.45) is 0 Å². The fourth-order valence-corrected chi connectivity index (χ4v) is 2.24. The molecule has 2 amide bonds. The maximum atomic E-state index is 11.3. The number of thioether (sulfide) groups is 1. The molecule has 1 N–H and O–H groups in total. The highest BCUT2D eigenvalue weighted by molar-refractivity contribution is 8.18. The van der Waals surface area contributed by atoms with E-state index in [1.165, 1.54) is 18.5 Å². The van der Waals surface area contributed by atoms with Gasteiger partial charge in [0.2, 0.25) is 5.16 Å². The molecule has 1 aliphatic heterocycles. The first-order valence-electron chi connectivity index (χ1n) is 4.47. The van der Waals surface area contributed by atoms with Crippen molar-refractivity contribution in [3.8, 4) is 0 Å². The highest BCUT2D eigenvalue weighted by Gasteiger charge is 2.25. The van der Waals surface area contributed by atoms with Crippen molar-refractivity contribution >= 4 is 39.8 Å². The number of amides is 2. The molecule has 0 bridgehead atoms. The first-order chi connectivity index (χ1) is 8.06. The second kappa shape index (κ2) is 4.76. The Bertz CT molecular complexity index is 556. The summed E-state index contributed by atoms with van der Waals surface area (Å²) in [4.78, 5) is 30.3. The van der Waals surface area contributed by atoms with Crippen LogP contribution in [0.3, 0.4) is 0 Å². The van der Waals surface area contributed by atoms with E-state index in [4.69, 9.17) is 0 Å². The molecule has 2 rings (SSSR count). The van der Waals surface area contributed by atoms with Gasteiger partial charge in [-0.2, -0.15) is 0 Å². The predicted octanol–water partition coefficient (Wildman–Crippen LogP) is 0.538. The average molecular weight is 269 g/mol. The van der Waals surface area contributed by atoms with Crippen LogP contribution in [0.15, 0.2) is 22.3 Å². The standard InChI is InChI=1S/C9H7N3O3S2/c1-17(15)8-10-3-2-5(11-8)4-6-7(13)12-9(14)16-6/h2-4H,1H3,(H,12,13,14)/b6-4-. The monoisotopic (exact) mass is 269 g/mol. The Balaban J connectivity index is 2.33. The maximum Gasteiger partial charge on any atom is 0.290 e. The highest BCUT2D eigenvalue weighted by atomic mass is 32.2. The van der Waals surface area contributed by atoms with Crippen molar-refractivity contribution < 1.29 is 13.8 Å². The van der Waals surface area contributed by atoms with Crippen molar-refractivity contribution in [2.45, 2.75) is 5.16 Å². The molecule has 1 aromatic rings. The second-order valence-electron chi connectivity index (χ2n) is 3.07. The maximum absolute atomic E-state index is 11.3. The normalized spacial score (nSPS) is 19.5. The van der Waals surface area contributed by atoms with Gasteiger partial charge in [0.1, 0.15) is 0 Å². The van der Waals surface area contributed by atoms with Gasteiger partial charge in [-0.3, -0.25) is 19.1 Å². The van der Waals surface area contributed by atoms with E-state index in [1.54, 1.807) is 6.07 Å². The lowest BCUT2D eigenvalue weighted by Crippen LogP contribution is -2.17. The number of rotatable bonds is 2. The quantitative estimate of drug-likeness (QED) is 0.622. The molecule has 1 aromatic heterocycles. The van der Waals surface area contributed by atoms with Crippen LogP contribution in [0.4, 0.5) is 4.79 Å². The zero-order chi connectivity index (χ0) is 12.4. The molecule has 2 heterocycles. The van der Waals surface area contributed by atoms with Crippen LogP contribution in [0.1, 0.15) is 5.69 Å². The summed E-state index contributed by atoms with van der Waals surface area (Å²) in [7, 11) is -1.28. The summed E-state index contributed by atoms with van der Waals surface area (Å²) < 4.78 is 11.2. The molecule has 1 atom stereocenters. The number of carbonyl (C=O) groups excluding carboxylic acids is 2. The Morgan fingerprint density at radius 3 is 2.82 bits per heavy atom. The third kappa shape index (κ3) is 2.77. The van der Waals surface area contributed by atoms with Crippen LogP contribution in [0.2, 0.25) is 0 Å². The zero-order valence-electron chi connectivity index (χ0n) is 8.67. The largest absolute Gasteiger partial charge is 0.290 e. The van der Waals surface area contributed by atoms with Crippen LogP contribution in [0.5, 0.6) is 0 Å².